The zero-order valence-corrected chi connectivity index (χ0v) is 13.0. The van der Waals surface area contributed by atoms with E-state index in [1.807, 2.05) is 16.9 Å². The first-order valence-electron chi connectivity index (χ1n) is 7.15. The van der Waals surface area contributed by atoms with E-state index in [-0.39, 0.29) is 6.10 Å². The lowest BCUT2D eigenvalue weighted by Gasteiger charge is -2.30. The number of aromatic nitrogens is 2. The number of ether oxygens (including phenoxy) is 2. The van der Waals surface area contributed by atoms with Gasteiger partial charge in [-0.3, -0.25) is 4.68 Å². The highest BCUT2D eigenvalue weighted by molar-refractivity contribution is 7.88. The molecule has 2 saturated heterocycles. The first kappa shape index (κ1) is 15.0. The van der Waals surface area contributed by atoms with Crippen LogP contribution in [0.4, 0.5) is 0 Å². The summed E-state index contributed by atoms with van der Waals surface area (Å²) in [5.74, 6) is 0. The lowest BCUT2D eigenvalue weighted by Crippen LogP contribution is -2.46. The fourth-order valence-electron chi connectivity index (χ4n) is 3.02. The minimum Gasteiger partial charge on any atom is -0.377 e. The summed E-state index contributed by atoms with van der Waals surface area (Å²) in [7, 11) is -3.22. The molecule has 118 valence electrons. The monoisotopic (exact) mass is 315 g/mol. The van der Waals surface area contributed by atoms with Crippen LogP contribution in [0.1, 0.15) is 12.8 Å². The van der Waals surface area contributed by atoms with E-state index in [9.17, 15) is 8.42 Å². The van der Waals surface area contributed by atoms with Crippen molar-refractivity contribution in [1.29, 1.82) is 0 Å². The van der Waals surface area contributed by atoms with Gasteiger partial charge in [-0.1, -0.05) is 0 Å². The van der Waals surface area contributed by atoms with E-state index in [1.165, 1.54) is 10.6 Å². The summed E-state index contributed by atoms with van der Waals surface area (Å²) in [4.78, 5) is 0. The zero-order chi connectivity index (χ0) is 14.9. The Labute approximate surface area is 124 Å². The number of hydrogen-bond donors (Lipinski definition) is 0. The van der Waals surface area contributed by atoms with Crippen LogP contribution in [0.3, 0.4) is 0 Å². The van der Waals surface area contributed by atoms with Crippen LogP contribution in [0.2, 0.25) is 0 Å². The summed E-state index contributed by atoms with van der Waals surface area (Å²) in [6.45, 7) is 2.33. The number of sulfonamides is 1. The molecule has 8 heteroatoms. The van der Waals surface area contributed by atoms with Gasteiger partial charge in [-0.25, -0.2) is 8.42 Å². The molecule has 2 unspecified atom stereocenters. The molecule has 0 N–H and O–H groups in total. The molecule has 7 nitrogen and oxygen atoms in total. The summed E-state index contributed by atoms with van der Waals surface area (Å²) < 4.78 is 38.7. The predicted octanol–water partition coefficient (Wildman–Crippen LogP) is 0.0927. The maximum Gasteiger partial charge on any atom is 0.211 e. The fourth-order valence-corrected chi connectivity index (χ4v) is 3.89. The molecule has 0 bridgehead atoms. The molecular weight excluding hydrogens is 294 g/mol. The van der Waals surface area contributed by atoms with Crippen LogP contribution in [0.25, 0.3) is 0 Å². The van der Waals surface area contributed by atoms with Gasteiger partial charge in [-0.2, -0.15) is 9.40 Å². The molecule has 0 amide bonds. The van der Waals surface area contributed by atoms with Gasteiger partial charge in [0, 0.05) is 25.5 Å². The van der Waals surface area contributed by atoms with Crippen LogP contribution in [0, 0.1) is 0 Å². The van der Waals surface area contributed by atoms with Crippen LogP contribution < -0.4 is 0 Å². The van der Waals surface area contributed by atoms with E-state index in [2.05, 4.69) is 5.10 Å². The minimum atomic E-state index is -3.22. The van der Waals surface area contributed by atoms with Crippen LogP contribution in [-0.4, -0.2) is 66.8 Å². The molecule has 0 saturated carbocycles. The average molecular weight is 315 g/mol. The molecule has 2 atom stereocenters. The molecule has 1 aromatic heterocycles. The lowest BCUT2D eigenvalue weighted by molar-refractivity contribution is -0.0860. The Bertz CT molecular complexity index is 574. The number of hydrogen-bond acceptors (Lipinski definition) is 5. The van der Waals surface area contributed by atoms with Gasteiger partial charge in [-0.05, 0) is 18.9 Å². The van der Waals surface area contributed by atoms with Crippen LogP contribution in [0.15, 0.2) is 18.5 Å². The highest BCUT2D eigenvalue weighted by atomic mass is 32.2. The molecule has 0 radical (unpaired) electrons. The van der Waals surface area contributed by atoms with Gasteiger partial charge in [-0.15, -0.1) is 0 Å². The molecule has 1 aromatic rings. The Kier molecular flexibility index (Phi) is 4.04. The highest BCUT2D eigenvalue weighted by Crippen LogP contribution is 2.34. The van der Waals surface area contributed by atoms with Crippen LogP contribution in [0.5, 0.6) is 0 Å². The third-order valence-electron chi connectivity index (χ3n) is 4.07. The van der Waals surface area contributed by atoms with Gasteiger partial charge in [0.1, 0.15) is 5.60 Å². The second kappa shape index (κ2) is 5.68. The second-order valence-corrected chi connectivity index (χ2v) is 7.82. The van der Waals surface area contributed by atoms with Gasteiger partial charge in [0.15, 0.2) is 0 Å². The van der Waals surface area contributed by atoms with E-state index in [0.717, 1.165) is 12.8 Å². The standard InChI is InChI=1S/C13H21N3O4S/c1-21(17,18)16-7-8-19-11-13(10-16)4-3-12(20-13)9-15-6-2-5-14-15/h2,5-6,12H,3-4,7-11H2,1H3. The van der Waals surface area contributed by atoms with Gasteiger partial charge in [0.2, 0.25) is 10.0 Å². The van der Waals surface area contributed by atoms with Crippen molar-refractivity contribution in [3.8, 4) is 0 Å². The second-order valence-electron chi connectivity index (χ2n) is 5.84. The van der Waals surface area contributed by atoms with Gasteiger partial charge in [0.25, 0.3) is 0 Å². The van der Waals surface area contributed by atoms with Crippen molar-refractivity contribution in [2.24, 2.45) is 0 Å². The maximum atomic E-state index is 11.8. The van der Waals surface area contributed by atoms with Crippen molar-refractivity contribution in [3.05, 3.63) is 18.5 Å². The summed E-state index contributed by atoms with van der Waals surface area (Å²) in [6.07, 6.45) is 6.63. The normalized spacial score (nSPS) is 31.6. The lowest BCUT2D eigenvalue weighted by atomic mass is 10.0. The minimum absolute atomic E-state index is 0.0491. The van der Waals surface area contributed by atoms with E-state index < -0.39 is 15.6 Å². The van der Waals surface area contributed by atoms with E-state index >= 15 is 0 Å². The molecule has 2 aliphatic heterocycles. The molecule has 3 rings (SSSR count). The zero-order valence-electron chi connectivity index (χ0n) is 12.1. The van der Waals surface area contributed by atoms with Crippen molar-refractivity contribution in [2.75, 3.05) is 32.6 Å². The SMILES string of the molecule is CS(=O)(=O)N1CCOCC2(CCC(Cn3cccn3)O2)C1. The Morgan fingerprint density at radius 2 is 2.33 bits per heavy atom. The van der Waals surface area contributed by atoms with Crippen LogP contribution in [-0.2, 0) is 26.0 Å². The Morgan fingerprint density at radius 3 is 3.05 bits per heavy atom. The first-order valence-corrected chi connectivity index (χ1v) is 9.00. The van der Waals surface area contributed by atoms with Crippen molar-refractivity contribution < 1.29 is 17.9 Å². The molecular formula is C13H21N3O4S. The first-order chi connectivity index (χ1) is 9.97. The molecule has 1 spiro atoms. The third kappa shape index (κ3) is 3.45. The number of nitrogens with zero attached hydrogens (tertiary/aromatic N) is 3. The smallest absolute Gasteiger partial charge is 0.211 e. The molecule has 2 aliphatic rings. The number of rotatable bonds is 3. The quantitative estimate of drug-likeness (QED) is 0.790. The van der Waals surface area contributed by atoms with Gasteiger partial charge < -0.3 is 9.47 Å². The Balaban J connectivity index is 1.69. The molecule has 21 heavy (non-hydrogen) atoms. The topological polar surface area (TPSA) is 73.7 Å². The summed E-state index contributed by atoms with van der Waals surface area (Å²) in [5, 5.41) is 4.19. The van der Waals surface area contributed by atoms with Crippen molar-refractivity contribution >= 4 is 10.0 Å². The van der Waals surface area contributed by atoms with E-state index in [1.54, 1.807) is 6.20 Å². The van der Waals surface area contributed by atoms with Crippen LogP contribution >= 0.6 is 0 Å². The largest absolute Gasteiger partial charge is 0.377 e. The average Bonchev–Trinajstić information content (AvgIpc) is 2.98. The molecule has 0 aromatic carbocycles. The fraction of sp³-hybridized carbons (Fsp3) is 0.769. The Hall–Kier alpha value is -0.960. The highest BCUT2D eigenvalue weighted by Gasteiger charge is 2.44. The van der Waals surface area contributed by atoms with E-state index in [4.69, 9.17) is 9.47 Å². The molecule has 3 heterocycles. The third-order valence-corrected chi connectivity index (χ3v) is 5.32. The summed E-state index contributed by atoms with van der Waals surface area (Å²) >= 11 is 0. The summed E-state index contributed by atoms with van der Waals surface area (Å²) in [5.41, 5.74) is -0.516. The Morgan fingerprint density at radius 1 is 1.48 bits per heavy atom. The van der Waals surface area contributed by atoms with Gasteiger partial charge >= 0.3 is 0 Å². The van der Waals surface area contributed by atoms with Crippen molar-refractivity contribution in [3.63, 3.8) is 0 Å². The summed E-state index contributed by atoms with van der Waals surface area (Å²) in [6, 6.07) is 1.88. The van der Waals surface area contributed by atoms with Crippen molar-refractivity contribution in [2.45, 2.75) is 31.1 Å². The van der Waals surface area contributed by atoms with E-state index in [0.29, 0.717) is 32.8 Å². The predicted molar refractivity (Wildman–Crippen MR) is 76.3 cm³/mol. The molecule has 2 fully saturated rings. The molecule has 0 aliphatic carbocycles. The van der Waals surface area contributed by atoms with Gasteiger partial charge in [0.05, 0.1) is 32.1 Å². The maximum absolute atomic E-state index is 11.8. The van der Waals surface area contributed by atoms with Crippen molar-refractivity contribution in [1.82, 2.24) is 14.1 Å².